The molecule has 1 aliphatic rings. The molecule has 0 bridgehead atoms. The number of Topliss-reactive ketones (excluding diaryl/α,β-unsaturated/α-hetero) is 1. The van der Waals surface area contributed by atoms with Crippen molar-refractivity contribution in [2.24, 2.45) is 0 Å². The molecule has 0 atom stereocenters. The topological polar surface area (TPSA) is 57.0 Å². The number of hydrogen-bond acceptors (Lipinski definition) is 4. The van der Waals surface area contributed by atoms with E-state index in [1.54, 1.807) is 13.2 Å². The molecule has 0 saturated heterocycles. The van der Waals surface area contributed by atoms with Gasteiger partial charge in [0.2, 0.25) is 11.8 Å². The molecule has 3 rings (SSSR count). The first-order valence-corrected chi connectivity index (χ1v) is 6.32. The molecule has 0 aromatic carbocycles. The van der Waals surface area contributed by atoms with Crippen LogP contribution in [0.15, 0.2) is 18.3 Å². The number of fused-ring (bicyclic) bond motifs is 1. The van der Waals surface area contributed by atoms with Gasteiger partial charge in [0.05, 0.1) is 7.11 Å². The van der Waals surface area contributed by atoms with E-state index in [0.717, 1.165) is 29.8 Å². The highest BCUT2D eigenvalue weighted by Gasteiger charge is 2.22. The van der Waals surface area contributed by atoms with E-state index in [1.165, 1.54) is 0 Å². The summed E-state index contributed by atoms with van der Waals surface area (Å²) >= 11 is 0. The Morgan fingerprint density at radius 3 is 2.95 bits per heavy atom. The van der Waals surface area contributed by atoms with Crippen molar-refractivity contribution in [2.45, 2.75) is 26.2 Å². The zero-order chi connectivity index (χ0) is 13.4. The summed E-state index contributed by atoms with van der Waals surface area (Å²) in [6, 6.07) is 3.64. The molecule has 1 aliphatic carbocycles. The lowest BCUT2D eigenvalue weighted by molar-refractivity contribution is 0.0972. The highest BCUT2D eigenvalue weighted by molar-refractivity contribution is 5.98. The first-order chi connectivity index (χ1) is 9.19. The van der Waals surface area contributed by atoms with Gasteiger partial charge in [0.25, 0.3) is 0 Å². The molecule has 5 heteroatoms. The first kappa shape index (κ1) is 11.9. The molecule has 19 heavy (non-hydrogen) atoms. The largest absolute Gasteiger partial charge is 0.481 e. The highest BCUT2D eigenvalue weighted by Crippen LogP contribution is 2.24. The molecule has 0 aliphatic heterocycles. The molecule has 2 aromatic heterocycles. The molecule has 0 spiro atoms. The third kappa shape index (κ3) is 2.01. The Balaban J connectivity index is 2.12. The van der Waals surface area contributed by atoms with Crippen LogP contribution in [0.4, 0.5) is 0 Å². The van der Waals surface area contributed by atoms with E-state index in [2.05, 4.69) is 9.97 Å². The van der Waals surface area contributed by atoms with Gasteiger partial charge >= 0.3 is 0 Å². The second-order valence-corrected chi connectivity index (χ2v) is 4.67. The Kier molecular flexibility index (Phi) is 2.81. The van der Waals surface area contributed by atoms with E-state index in [1.807, 2.05) is 23.8 Å². The molecular formula is C14H15N3O2. The maximum absolute atomic E-state index is 11.8. The summed E-state index contributed by atoms with van der Waals surface area (Å²) in [6.07, 6.45) is 4.27. The quantitative estimate of drug-likeness (QED) is 0.826. The zero-order valence-corrected chi connectivity index (χ0v) is 11.0. The van der Waals surface area contributed by atoms with E-state index in [-0.39, 0.29) is 5.78 Å². The number of aryl methyl sites for hydroxylation is 1. The second-order valence-electron chi connectivity index (χ2n) is 4.67. The number of rotatable bonds is 2. The summed E-state index contributed by atoms with van der Waals surface area (Å²) < 4.78 is 7.06. The summed E-state index contributed by atoms with van der Waals surface area (Å²) in [5.74, 6) is 1.31. The molecule has 5 nitrogen and oxygen atoms in total. The SMILES string of the molecule is COc1cc(C)nc(-n2ccc3c2CCCC3=O)n1. The Labute approximate surface area is 111 Å². The number of methoxy groups -OCH3 is 1. The van der Waals surface area contributed by atoms with Crippen molar-refractivity contribution >= 4 is 5.78 Å². The van der Waals surface area contributed by atoms with Gasteiger partial charge in [-0.1, -0.05) is 0 Å². The number of hydrogen-bond donors (Lipinski definition) is 0. The minimum Gasteiger partial charge on any atom is -0.481 e. The van der Waals surface area contributed by atoms with Crippen LogP contribution in [0, 0.1) is 6.92 Å². The molecule has 2 heterocycles. The van der Waals surface area contributed by atoms with E-state index in [4.69, 9.17) is 4.74 Å². The first-order valence-electron chi connectivity index (χ1n) is 6.32. The predicted octanol–water partition coefficient (Wildman–Crippen LogP) is 2.10. The monoisotopic (exact) mass is 257 g/mol. The lowest BCUT2D eigenvalue weighted by Crippen LogP contribution is -2.14. The van der Waals surface area contributed by atoms with Gasteiger partial charge < -0.3 is 4.74 Å². The van der Waals surface area contributed by atoms with Gasteiger partial charge in [-0.05, 0) is 25.8 Å². The molecule has 0 fully saturated rings. The van der Waals surface area contributed by atoms with Crippen LogP contribution in [0.1, 0.15) is 34.6 Å². The van der Waals surface area contributed by atoms with E-state index in [9.17, 15) is 4.79 Å². The lowest BCUT2D eigenvalue weighted by Gasteiger charge is -2.14. The van der Waals surface area contributed by atoms with Gasteiger partial charge in [-0.2, -0.15) is 4.98 Å². The number of aromatic nitrogens is 3. The smallest absolute Gasteiger partial charge is 0.237 e. The van der Waals surface area contributed by atoms with Crippen LogP contribution in [0.3, 0.4) is 0 Å². The van der Waals surface area contributed by atoms with Crippen molar-refractivity contribution in [3.63, 3.8) is 0 Å². The van der Waals surface area contributed by atoms with Crippen molar-refractivity contribution in [1.82, 2.24) is 14.5 Å². The fourth-order valence-corrected chi connectivity index (χ4v) is 2.45. The normalized spacial score (nSPS) is 14.3. The molecule has 0 radical (unpaired) electrons. The maximum atomic E-state index is 11.8. The summed E-state index contributed by atoms with van der Waals surface area (Å²) in [4.78, 5) is 20.6. The molecule has 2 aromatic rings. The van der Waals surface area contributed by atoms with Crippen LogP contribution in [-0.4, -0.2) is 27.4 Å². The van der Waals surface area contributed by atoms with Crippen molar-refractivity contribution in [1.29, 1.82) is 0 Å². The fourth-order valence-electron chi connectivity index (χ4n) is 2.45. The fraction of sp³-hybridized carbons (Fsp3) is 0.357. The van der Waals surface area contributed by atoms with Crippen molar-refractivity contribution in [3.8, 4) is 11.8 Å². The third-order valence-electron chi connectivity index (χ3n) is 3.35. The second kappa shape index (κ2) is 4.50. The summed E-state index contributed by atoms with van der Waals surface area (Å²) in [5, 5.41) is 0. The molecule has 0 N–H and O–H groups in total. The van der Waals surface area contributed by atoms with Crippen LogP contribution >= 0.6 is 0 Å². The van der Waals surface area contributed by atoms with Gasteiger partial charge in [-0.25, -0.2) is 4.98 Å². The lowest BCUT2D eigenvalue weighted by atomic mass is 9.97. The molecule has 0 unspecified atom stereocenters. The van der Waals surface area contributed by atoms with Crippen LogP contribution in [0.2, 0.25) is 0 Å². The zero-order valence-electron chi connectivity index (χ0n) is 11.0. The molecule has 98 valence electrons. The highest BCUT2D eigenvalue weighted by atomic mass is 16.5. The Bertz CT molecular complexity index is 646. The van der Waals surface area contributed by atoms with Gasteiger partial charge in [-0.3, -0.25) is 9.36 Å². The Hall–Kier alpha value is -2.17. The minimum absolute atomic E-state index is 0.208. The number of nitrogens with zero attached hydrogens (tertiary/aromatic N) is 3. The Morgan fingerprint density at radius 2 is 2.16 bits per heavy atom. The maximum Gasteiger partial charge on any atom is 0.237 e. The minimum atomic E-state index is 0.208. The average molecular weight is 257 g/mol. The summed E-state index contributed by atoms with van der Waals surface area (Å²) in [5.41, 5.74) is 2.64. The number of ketones is 1. The number of carbonyl (C=O) groups excluding carboxylic acids is 1. The van der Waals surface area contributed by atoms with Crippen LogP contribution < -0.4 is 4.74 Å². The van der Waals surface area contributed by atoms with Crippen LogP contribution in [0.5, 0.6) is 5.88 Å². The van der Waals surface area contributed by atoms with Crippen LogP contribution in [0.25, 0.3) is 5.95 Å². The standard InChI is InChI=1S/C14H15N3O2/c1-9-8-13(19-2)16-14(15-9)17-7-6-10-11(17)4-3-5-12(10)18/h6-8H,3-5H2,1-2H3. The average Bonchev–Trinajstić information content (AvgIpc) is 2.83. The summed E-state index contributed by atoms with van der Waals surface area (Å²) in [6.45, 7) is 1.90. The summed E-state index contributed by atoms with van der Waals surface area (Å²) in [7, 11) is 1.58. The number of ether oxygens (including phenoxy) is 1. The van der Waals surface area contributed by atoms with Crippen molar-refractivity contribution < 1.29 is 9.53 Å². The van der Waals surface area contributed by atoms with Gasteiger partial charge in [-0.15, -0.1) is 0 Å². The third-order valence-corrected chi connectivity index (χ3v) is 3.35. The molecule has 0 amide bonds. The van der Waals surface area contributed by atoms with Gasteiger partial charge in [0.1, 0.15) is 0 Å². The molecule has 0 saturated carbocycles. The van der Waals surface area contributed by atoms with E-state index < -0.39 is 0 Å². The van der Waals surface area contributed by atoms with E-state index in [0.29, 0.717) is 18.2 Å². The molecular weight excluding hydrogens is 242 g/mol. The van der Waals surface area contributed by atoms with E-state index >= 15 is 0 Å². The van der Waals surface area contributed by atoms with Gasteiger partial charge in [0, 0.05) is 35.6 Å². The predicted molar refractivity (Wildman–Crippen MR) is 69.9 cm³/mol. The van der Waals surface area contributed by atoms with Crippen LogP contribution in [-0.2, 0) is 6.42 Å². The number of carbonyl (C=O) groups is 1. The van der Waals surface area contributed by atoms with Gasteiger partial charge in [0.15, 0.2) is 5.78 Å². The Morgan fingerprint density at radius 1 is 1.32 bits per heavy atom. The van der Waals surface area contributed by atoms with Crippen molar-refractivity contribution in [2.75, 3.05) is 7.11 Å². The van der Waals surface area contributed by atoms with Crippen molar-refractivity contribution in [3.05, 3.63) is 35.3 Å².